The predicted octanol–water partition coefficient (Wildman–Crippen LogP) is 4.36. The highest BCUT2D eigenvalue weighted by Crippen LogP contribution is 2.38. The van der Waals surface area contributed by atoms with Crippen molar-refractivity contribution >= 4 is 39.7 Å². The third-order valence-electron chi connectivity index (χ3n) is 2.79. The normalized spacial score (nSPS) is 15.2. The van der Waals surface area contributed by atoms with Crippen LogP contribution in [0.5, 0.6) is 0 Å². The quantitative estimate of drug-likeness (QED) is 0.830. The molecule has 17 heavy (non-hydrogen) atoms. The van der Waals surface area contributed by atoms with Crippen molar-refractivity contribution in [1.82, 2.24) is 14.8 Å². The fraction of sp³-hybridized carbons (Fsp3) is 0.273. The van der Waals surface area contributed by atoms with Crippen LogP contribution in [-0.4, -0.2) is 14.8 Å². The molecule has 1 aliphatic rings. The Balaban J connectivity index is 2.14. The fourth-order valence-electron chi connectivity index (χ4n) is 1.82. The van der Waals surface area contributed by atoms with E-state index in [2.05, 4.69) is 30.7 Å². The number of nitrogens with one attached hydrogen (secondary N) is 1. The van der Waals surface area contributed by atoms with Crippen molar-refractivity contribution < 1.29 is 0 Å². The van der Waals surface area contributed by atoms with E-state index in [9.17, 15) is 0 Å². The Morgan fingerprint density at radius 3 is 2.88 bits per heavy atom. The van der Waals surface area contributed by atoms with Gasteiger partial charge in [-0.05, 0) is 59.2 Å². The Kier molecular flexibility index (Phi) is 2.84. The van der Waals surface area contributed by atoms with E-state index in [1.54, 1.807) is 0 Å². The first-order valence-electron chi connectivity index (χ1n) is 5.29. The van der Waals surface area contributed by atoms with Crippen molar-refractivity contribution in [1.29, 1.82) is 0 Å². The minimum atomic E-state index is 0.505. The van der Waals surface area contributed by atoms with Crippen LogP contribution in [0, 0.1) is 4.77 Å². The van der Waals surface area contributed by atoms with Crippen molar-refractivity contribution in [2.45, 2.75) is 18.9 Å². The lowest BCUT2D eigenvalue weighted by Gasteiger charge is -2.05. The summed E-state index contributed by atoms with van der Waals surface area (Å²) in [6, 6.07) is 6.28. The second-order valence-corrected chi connectivity index (χ2v) is 5.73. The van der Waals surface area contributed by atoms with Crippen LogP contribution in [0.4, 0.5) is 0 Å². The molecule has 1 N–H and O–H groups in total. The van der Waals surface area contributed by atoms with Crippen molar-refractivity contribution in [2.24, 2.45) is 0 Å². The molecule has 3 rings (SSSR count). The van der Waals surface area contributed by atoms with Crippen LogP contribution in [0.3, 0.4) is 0 Å². The number of halogens is 2. The van der Waals surface area contributed by atoms with Crippen LogP contribution in [0.1, 0.15) is 18.9 Å². The van der Waals surface area contributed by atoms with Gasteiger partial charge in [-0.1, -0.05) is 11.6 Å². The number of H-pyrrole nitrogens is 1. The summed E-state index contributed by atoms with van der Waals surface area (Å²) in [5.74, 6) is 0.884. The molecule has 6 heteroatoms. The highest BCUT2D eigenvalue weighted by Gasteiger charge is 2.27. The zero-order valence-electron chi connectivity index (χ0n) is 8.78. The summed E-state index contributed by atoms with van der Waals surface area (Å²) in [5, 5.41) is 7.85. The van der Waals surface area contributed by atoms with Gasteiger partial charge in [-0.25, -0.2) is 0 Å². The zero-order chi connectivity index (χ0) is 12.0. The van der Waals surface area contributed by atoms with E-state index >= 15 is 0 Å². The van der Waals surface area contributed by atoms with Crippen LogP contribution >= 0.6 is 39.7 Å². The average Bonchev–Trinajstić information content (AvgIpc) is 3.06. The highest BCUT2D eigenvalue weighted by atomic mass is 79.9. The van der Waals surface area contributed by atoms with Crippen molar-refractivity contribution in [3.63, 3.8) is 0 Å². The summed E-state index contributed by atoms with van der Waals surface area (Å²) in [4.78, 5) is 0. The van der Waals surface area contributed by atoms with Crippen LogP contribution in [-0.2, 0) is 0 Å². The first-order chi connectivity index (χ1) is 8.16. The Hall–Kier alpha value is -0.650. The topological polar surface area (TPSA) is 33.6 Å². The molecule has 0 saturated heterocycles. The van der Waals surface area contributed by atoms with Crippen LogP contribution in [0.15, 0.2) is 22.7 Å². The van der Waals surface area contributed by atoms with Gasteiger partial charge in [-0.3, -0.25) is 9.67 Å². The first kappa shape index (κ1) is 11.4. The summed E-state index contributed by atoms with van der Waals surface area (Å²) in [6.45, 7) is 0. The molecular formula is C11H9BrClN3S. The molecule has 0 atom stereocenters. The predicted molar refractivity (Wildman–Crippen MR) is 73.8 cm³/mol. The van der Waals surface area contributed by atoms with Crippen molar-refractivity contribution in [2.75, 3.05) is 0 Å². The number of hydrogen-bond donors (Lipinski definition) is 1. The molecule has 0 spiro atoms. The van der Waals surface area contributed by atoms with Crippen LogP contribution in [0.25, 0.3) is 11.4 Å². The second kappa shape index (κ2) is 4.23. The van der Waals surface area contributed by atoms with Gasteiger partial charge in [0.25, 0.3) is 0 Å². The van der Waals surface area contributed by atoms with Gasteiger partial charge in [0.2, 0.25) is 0 Å². The van der Waals surface area contributed by atoms with Gasteiger partial charge >= 0.3 is 0 Å². The van der Waals surface area contributed by atoms with Gasteiger partial charge in [-0.15, -0.1) is 0 Å². The number of nitrogens with zero attached hydrogens (tertiary/aromatic N) is 2. The van der Waals surface area contributed by atoms with E-state index in [0.29, 0.717) is 15.8 Å². The lowest BCUT2D eigenvalue weighted by molar-refractivity contribution is 0.735. The minimum Gasteiger partial charge on any atom is -0.297 e. The molecule has 1 fully saturated rings. The molecule has 0 amide bonds. The van der Waals surface area contributed by atoms with Crippen LogP contribution < -0.4 is 0 Å². The number of aromatic amines is 1. The third-order valence-corrected chi connectivity index (χ3v) is 4.30. The van der Waals surface area contributed by atoms with E-state index in [1.807, 2.05) is 18.2 Å². The van der Waals surface area contributed by atoms with E-state index < -0.39 is 0 Å². The Morgan fingerprint density at radius 1 is 1.47 bits per heavy atom. The summed E-state index contributed by atoms with van der Waals surface area (Å²) in [5.41, 5.74) is 1.01. The lowest BCUT2D eigenvalue weighted by atomic mass is 10.2. The number of rotatable bonds is 2. The number of benzene rings is 1. The summed E-state index contributed by atoms with van der Waals surface area (Å²) in [7, 11) is 0. The SMILES string of the molecule is S=c1[nH]nc(-c2ccc(Cl)c(Br)c2)n1C1CC1. The van der Waals surface area contributed by atoms with Crippen molar-refractivity contribution in [3.05, 3.63) is 32.5 Å². The summed E-state index contributed by atoms with van der Waals surface area (Å²) >= 11 is 14.7. The zero-order valence-corrected chi connectivity index (χ0v) is 11.9. The first-order valence-corrected chi connectivity index (χ1v) is 6.87. The standard InChI is InChI=1S/C11H9BrClN3S/c12-8-5-6(1-4-9(8)13)10-14-15-11(17)16(10)7-2-3-7/h1,4-5,7H,2-3H2,(H,15,17). The monoisotopic (exact) mass is 329 g/mol. The molecule has 1 saturated carbocycles. The maximum absolute atomic E-state index is 5.99. The van der Waals surface area contributed by atoms with Gasteiger partial charge in [-0.2, -0.15) is 5.10 Å². The second-order valence-electron chi connectivity index (χ2n) is 4.08. The Bertz CT molecular complexity index is 630. The third kappa shape index (κ3) is 2.07. The number of aromatic nitrogens is 3. The molecule has 1 aliphatic carbocycles. The molecule has 0 bridgehead atoms. The van der Waals surface area contributed by atoms with E-state index in [1.165, 1.54) is 12.8 Å². The molecule has 88 valence electrons. The fourth-order valence-corrected chi connectivity index (χ4v) is 2.59. The lowest BCUT2D eigenvalue weighted by Crippen LogP contribution is -1.97. The number of hydrogen-bond acceptors (Lipinski definition) is 2. The average molecular weight is 331 g/mol. The van der Waals surface area contributed by atoms with Gasteiger partial charge < -0.3 is 0 Å². The van der Waals surface area contributed by atoms with Gasteiger partial charge in [0.15, 0.2) is 10.6 Å². The van der Waals surface area contributed by atoms with Gasteiger partial charge in [0, 0.05) is 16.1 Å². The largest absolute Gasteiger partial charge is 0.297 e. The van der Waals surface area contributed by atoms with E-state index in [4.69, 9.17) is 23.8 Å². The molecule has 0 aliphatic heterocycles. The summed E-state index contributed by atoms with van der Waals surface area (Å²) < 4.78 is 3.65. The van der Waals surface area contributed by atoms with Crippen LogP contribution in [0.2, 0.25) is 5.02 Å². The van der Waals surface area contributed by atoms with Gasteiger partial charge in [0.05, 0.1) is 5.02 Å². The molecule has 1 aromatic heterocycles. The molecular weight excluding hydrogens is 322 g/mol. The molecule has 1 aromatic carbocycles. The molecule has 1 heterocycles. The smallest absolute Gasteiger partial charge is 0.195 e. The Morgan fingerprint density at radius 2 is 2.24 bits per heavy atom. The van der Waals surface area contributed by atoms with Gasteiger partial charge in [0.1, 0.15) is 0 Å². The molecule has 2 aromatic rings. The van der Waals surface area contributed by atoms with Crippen molar-refractivity contribution in [3.8, 4) is 11.4 Å². The van der Waals surface area contributed by atoms with E-state index in [0.717, 1.165) is 15.9 Å². The summed E-state index contributed by atoms with van der Waals surface area (Å²) in [6.07, 6.45) is 2.35. The van der Waals surface area contributed by atoms with E-state index in [-0.39, 0.29) is 0 Å². The molecule has 0 unspecified atom stereocenters. The highest BCUT2D eigenvalue weighted by molar-refractivity contribution is 9.10. The Labute approximate surface area is 117 Å². The maximum Gasteiger partial charge on any atom is 0.195 e. The molecule has 0 radical (unpaired) electrons. The molecule has 3 nitrogen and oxygen atoms in total. The minimum absolute atomic E-state index is 0.505. The maximum atomic E-state index is 5.99.